The summed E-state index contributed by atoms with van der Waals surface area (Å²) in [6, 6.07) is 3.03. The van der Waals surface area contributed by atoms with Crippen LogP contribution in [0.1, 0.15) is 124 Å². The van der Waals surface area contributed by atoms with Crippen LogP contribution in [0.15, 0.2) is 0 Å². The maximum atomic E-state index is 4.02. The Balaban J connectivity index is 2.03. The molecule has 5 atom stereocenters. The van der Waals surface area contributed by atoms with E-state index in [0.717, 1.165) is 32.7 Å². The molecule has 5 nitrogen and oxygen atoms in total. The standard InChI is InChI=1S/C29H61N5/c1-4-7-10-15-25-22-32-26(16-11-8-5-2)23-33-27(17-12-9-6-3)24-34-29-19-14-13-18-28(29)31-21-20-30-25/h25-34H,4-24H2,1-3H3/t25-,26+,27-,28+,29+/m0/s1. The second-order valence-electron chi connectivity index (χ2n) is 11.2. The molecule has 1 heterocycles. The first-order chi connectivity index (χ1) is 16.8. The lowest BCUT2D eigenvalue weighted by Crippen LogP contribution is -2.54. The number of hydrogen-bond acceptors (Lipinski definition) is 5. The number of hydrogen-bond donors (Lipinski definition) is 5. The van der Waals surface area contributed by atoms with Gasteiger partial charge in [-0.3, -0.25) is 0 Å². The summed E-state index contributed by atoms with van der Waals surface area (Å²) in [5.41, 5.74) is 0. The molecule has 2 rings (SSSR count). The average Bonchev–Trinajstić information content (AvgIpc) is 2.86. The van der Waals surface area contributed by atoms with Crippen LogP contribution in [-0.2, 0) is 0 Å². The van der Waals surface area contributed by atoms with E-state index in [0.29, 0.717) is 30.2 Å². The highest BCUT2D eigenvalue weighted by Crippen LogP contribution is 2.19. The van der Waals surface area contributed by atoms with E-state index in [-0.39, 0.29) is 0 Å². The predicted molar refractivity (Wildman–Crippen MR) is 150 cm³/mol. The molecule has 1 aliphatic heterocycles. The molecule has 5 N–H and O–H groups in total. The highest BCUT2D eigenvalue weighted by atomic mass is 15.1. The van der Waals surface area contributed by atoms with Gasteiger partial charge in [0.2, 0.25) is 0 Å². The number of fused-ring (bicyclic) bond motifs is 1. The third-order valence-electron chi connectivity index (χ3n) is 8.13. The van der Waals surface area contributed by atoms with Crippen molar-refractivity contribution in [1.82, 2.24) is 26.6 Å². The highest BCUT2D eigenvalue weighted by Gasteiger charge is 2.25. The molecule has 0 aromatic carbocycles. The molecule has 1 aliphatic carbocycles. The Morgan fingerprint density at radius 2 is 0.882 bits per heavy atom. The summed E-state index contributed by atoms with van der Waals surface area (Å²) in [5, 5.41) is 19.9. The lowest BCUT2D eigenvalue weighted by molar-refractivity contribution is 0.271. The van der Waals surface area contributed by atoms with Gasteiger partial charge in [0.05, 0.1) is 0 Å². The minimum atomic E-state index is 0.585. The molecule has 0 unspecified atom stereocenters. The zero-order valence-corrected chi connectivity index (χ0v) is 23.2. The third kappa shape index (κ3) is 13.2. The van der Waals surface area contributed by atoms with Crippen LogP contribution < -0.4 is 26.6 Å². The molecule has 0 aromatic heterocycles. The molecule has 0 spiro atoms. The minimum absolute atomic E-state index is 0.585. The van der Waals surface area contributed by atoms with Crippen LogP contribution in [-0.4, -0.2) is 62.9 Å². The van der Waals surface area contributed by atoms with Crippen molar-refractivity contribution in [3.05, 3.63) is 0 Å². The van der Waals surface area contributed by atoms with Crippen molar-refractivity contribution in [3.63, 3.8) is 0 Å². The van der Waals surface area contributed by atoms with Crippen LogP contribution in [0.4, 0.5) is 0 Å². The van der Waals surface area contributed by atoms with Crippen molar-refractivity contribution in [2.45, 2.75) is 154 Å². The second kappa shape index (κ2) is 19.9. The monoisotopic (exact) mass is 479 g/mol. The topological polar surface area (TPSA) is 60.1 Å². The molecule has 0 bridgehead atoms. The molecule has 0 amide bonds. The van der Waals surface area contributed by atoms with Gasteiger partial charge in [-0.2, -0.15) is 0 Å². The quantitative estimate of drug-likeness (QED) is 0.252. The van der Waals surface area contributed by atoms with Gasteiger partial charge in [0.1, 0.15) is 0 Å². The maximum Gasteiger partial charge on any atom is 0.0221 e. The van der Waals surface area contributed by atoms with Gasteiger partial charge in [-0.25, -0.2) is 0 Å². The van der Waals surface area contributed by atoms with Crippen molar-refractivity contribution in [1.29, 1.82) is 0 Å². The van der Waals surface area contributed by atoms with Crippen LogP contribution in [0.5, 0.6) is 0 Å². The zero-order chi connectivity index (χ0) is 24.3. The molecule has 5 heteroatoms. The largest absolute Gasteiger partial charge is 0.311 e. The van der Waals surface area contributed by atoms with E-state index in [9.17, 15) is 0 Å². The molecular weight excluding hydrogens is 418 g/mol. The van der Waals surface area contributed by atoms with Gasteiger partial charge in [0.15, 0.2) is 0 Å². The fourth-order valence-electron chi connectivity index (χ4n) is 5.82. The van der Waals surface area contributed by atoms with Crippen LogP contribution in [0, 0.1) is 0 Å². The van der Waals surface area contributed by atoms with Crippen LogP contribution in [0.3, 0.4) is 0 Å². The van der Waals surface area contributed by atoms with Crippen molar-refractivity contribution in [2.75, 3.05) is 32.7 Å². The molecule has 2 aliphatic rings. The Labute approximate surface area is 213 Å². The van der Waals surface area contributed by atoms with Crippen LogP contribution in [0.25, 0.3) is 0 Å². The lowest BCUT2D eigenvalue weighted by atomic mass is 9.90. The van der Waals surface area contributed by atoms with Gasteiger partial charge < -0.3 is 26.6 Å². The van der Waals surface area contributed by atoms with Gasteiger partial charge >= 0.3 is 0 Å². The van der Waals surface area contributed by atoms with E-state index in [1.54, 1.807) is 0 Å². The third-order valence-corrected chi connectivity index (χ3v) is 8.13. The van der Waals surface area contributed by atoms with Crippen LogP contribution in [0.2, 0.25) is 0 Å². The maximum absolute atomic E-state index is 4.02. The summed E-state index contributed by atoms with van der Waals surface area (Å²) in [5.74, 6) is 0. The molecule has 2 fully saturated rings. The molecule has 1 saturated heterocycles. The Hall–Kier alpha value is -0.200. The van der Waals surface area contributed by atoms with E-state index in [2.05, 4.69) is 47.4 Å². The summed E-state index contributed by atoms with van der Waals surface area (Å²) >= 11 is 0. The van der Waals surface area contributed by atoms with E-state index in [4.69, 9.17) is 0 Å². The summed E-state index contributed by atoms with van der Waals surface area (Å²) in [6.45, 7) is 12.4. The highest BCUT2D eigenvalue weighted by molar-refractivity contribution is 4.89. The smallest absolute Gasteiger partial charge is 0.0221 e. The number of nitrogens with one attached hydrogen (secondary N) is 5. The summed E-state index contributed by atoms with van der Waals surface area (Å²) < 4.78 is 0. The summed E-state index contributed by atoms with van der Waals surface area (Å²) in [7, 11) is 0. The van der Waals surface area contributed by atoms with E-state index in [1.165, 1.54) is 103 Å². The molecule has 1 saturated carbocycles. The SMILES string of the molecule is CCCCC[C@@H]1CN[C@@H](CCCCC)CN[C@@H]2CCCC[C@H]2NCCN[C@@H](CCCCC)CN1. The first-order valence-corrected chi connectivity index (χ1v) is 15.4. The first kappa shape index (κ1) is 30.0. The van der Waals surface area contributed by atoms with Gasteiger partial charge in [-0.1, -0.05) is 91.4 Å². The van der Waals surface area contributed by atoms with Gasteiger partial charge in [-0.15, -0.1) is 0 Å². The van der Waals surface area contributed by atoms with Crippen molar-refractivity contribution in [3.8, 4) is 0 Å². The Kier molecular flexibility index (Phi) is 17.6. The first-order valence-electron chi connectivity index (χ1n) is 15.4. The van der Waals surface area contributed by atoms with E-state index in [1.807, 2.05) is 0 Å². The summed E-state index contributed by atoms with van der Waals surface area (Å²) in [4.78, 5) is 0. The fourth-order valence-corrected chi connectivity index (χ4v) is 5.82. The predicted octanol–water partition coefficient (Wildman–Crippen LogP) is 5.11. The van der Waals surface area contributed by atoms with Gasteiger partial charge in [-0.05, 0) is 32.1 Å². The normalized spacial score (nSPS) is 30.3. The van der Waals surface area contributed by atoms with E-state index >= 15 is 0 Å². The Bertz CT molecular complexity index is 460. The molecule has 0 aromatic rings. The molecular formula is C29H61N5. The fraction of sp³-hybridized carbons (Fsp3) is 1.00. The average molecular weight is 480 g/mol. The molecule has 34 heavy (non-hydrogen) atoms. The van der Waals surface area contributed by atoms with Crippen molar-refractivity contribution < 1.29 is 0 Å². The Morgan fingerprint density at radius 3 is 1.38 bits per heavy atom. The van der Waals surface area contributed by atoms with Gasteiger partial charge in [0.25, 0.3) is 0 Å². The second-order valence-corrected chi connectivity index (χ2v) is 11.2. The number of unbranched alkanes of at least 4 members (excludes halogenated alkanes) is 6. The van der Waals surface area contributed by atoms with E-state index < -0.39 is 0 Å². The minimum Gasteiger partial charge on any atom is -0.311 e. The van der Waals surface area contributed by atoms with Crippen molar-refractivity contribution >= 4 is 0 Å². The van der Waals surface area contributed by atoms with Gasteiger partial charge in [0, 0.05) is 62.9 Å². The molecule has 0 radical (unpaired) electrons. The van der Waals surface area contributed by atoms with Crippen molar-refractivity contribution in [2.24, 2.45) is 0 Å². The molecule has 202 valence electrons. The van der Waals surface area contributed by atoms with Crippen LogP contribution >= 0.6 is 0 Å². The lowest BCUT2D eigenvalue weighted by Gasteiger charge is -2.34. The zero-order valence-electron chi connectivity index (χ0n) is 23.2. The Morgan fingerprint density at radius 1 is 0.471 bits per heavy atom. The number of rotatable bonds is 12. The summed E-state index contributed by atoms with van der Waals surface area (Å²) in [6.07, 6.45) is 21.3.